The van der Waals surface area contributed by atoms with E-state index in [9.17, 15) is 5.26 Å². The molecule has 206 valence electrons. The van der Waals surface area contributed by atoms with Gasteiger partial charge >= 0.3 is 0 Å². The van der Waals surface area contributed by atoms with Crippen molar-refractivity contribution in [2.24, 2.45) is 0 Å². The number of hydrogen-bond acceptors (Lipinski definition) is 1. The number of aromatic nitrogens is 2. The third-order valence-electron chi connectivity index (χ3n) is 8.63. The van der Waals surface area contributed by atoms with Crippen LogP contribution in [0.4, 0.5) is 0 Å². The van der Waals surface area contributed by atoms with Gasteiger partial charge in [-0.25, -0.2) is 0 Å². The van der Waals surface area contributed by atoms with E-state index in [0.717, 1.165) is 22.4 Å². The summed E-state index contributed by atoms with van der Waals surface area (Å²) < 4.78 is 4.67. The van der Waals surface area contributed by atoms with Gasteiger partial charge in [-0.1, -0.05) is 110 Å². The Kier molecular flexibility index (Phi) is 5.88. The Balaban J connectivity index is 1.54. The first kappa shape index (κ1) is 26.5. The number of hydrogen-bond donors (Lipinski definition) is 0. The van der Waals surface area contributed by atoms with Gasteiger partial charge < -0.3 is 9.13 Å². The number of para-hydroxylation sites is 2. The smallest absolute Gasteiger partial charge is 0.0993 e. The summed E-state index contributed by atoms with van der Waals surface area (Å²) >= 11 is 0. The minimum atomic E-state index is -1.49. The van der Waals surface area contributed by atoms with Crippen molar-refractivity contribution < 1.29 is 0 Å². The molecule has 7 rings (SSSR count). The zero-order valence-electron chi connectivity index (χ0n) is 25.2. The largest absolute Gasteiger partial charge is 0.309 e. The summed E-state index contributed by atoms with van der Waals surface area (Å²) in [5, 5.41) is 18.2. The second-order valence-corrected chi connectivity index (χ2v) is 23.7. The predicted octanol–water partition coefficient (Wildman–Crippen LogP) is 8.84. The molecule has 0 amide bonds. The van der Waals surface area contributed by atoms with E-state index >= 15 is 0 Å². The lowest BCUT2D eigenvalue weighted by atomic mass is 10.1. The molecule has 0 spiro atoms. The van der Waals surface area contributed by atoms with Crippen molar-refractivity contribution >= 4 is 70.1 Å². The van der Waals surface area contributed by atoms with Gasteiger partial charge in [0.05, 0.1) is 49.8 Å². The summed E-state index contributed by atoms with van der Waals surface area (Å²) in [6.07, 6.45) is 0. The maximum absolute atomic E-state index is 10.2. The third-order valence-corrected chi connectivity index (χ3v) is 12.7. The molecule has 2 heterocycles. The first-order chi connectivity index (χ1) is 20.0. The third kappa shape index (κ3) is 4.14. The van der Waals surface area contributed by atoms with Gasteiger partial charge in [-0.15, -0.1) is 0 Å². The number of nitriles is 1. The molecule has 0 atom stereocenters. The van der Waals surface area contributed by atoms with Gasteiger partial charge in [-0.05, 0) is 42.5 Å². The Labute approximate surface area is 249 Å². The Morgan fingerprint density at radius 1 is 0.476 bits per heavy atom. The lowest BCUT2D eigenvalue weighted by molar-refractivity contribution is 1.13. The average Bonchev–Trinajstić information content (AvgIpc) is 3.48. The van der Waals surface area contributed by atoms with E-state index in [1.54, 1.807) is 0 Å². The number of nitrogens with zero attached hydrogens (tertiary/aromatic N) is 3. The highest BCUT2D eigenvalue weighted by Gasteiger charge is 2.22. The summed E-state index contributed by atoms with van der Waals surface area (Å²) in [6.45, 7) is 14.4. The second kappa shape index (κ2) is 9.32. The van der Waals surface area contributed by atoms with Crippen LogP contribution in [0.15, 0.2) is 103 Å². The van der Waals surface area contributed by atoms with Crippen LogP contribution in [0.3, 0.4) is 0 Å². The van der Waals surface area contributed by atoms with E-state index in [0.29, 0.717) is 5.56 Å². The van der Waals surface area contributed by atoms with Crippen molar-refractivity contribution in [2.45, 2.75) is 39.3 Å². The van der Waals surface area contributed by atoms with Crippen LogP contribution < -0.4 is 10.4 Å². The first-order valence-electron chi connectivity index (χ1n) is 14.7. The summed E-state index contributed by atoms with van der Waals surface area (Å²) in [4.78, 5) is 0. The Bertz CT molecular complexity index is 2080. The molecule has 0 fully saturated rings. The molecule has 5 heteroatoms. The predicted molar refractivity (Wildman–Crippen MR) is 186 cm³/mol. The van der Waals surface area contributed by atoms with Crippen LogP contribution in [-0.4, -0.2) is 25.3 Å². The monoisotopic (exact) mass is 577 g/mol. The zero-order valence-corrected chi connectivity index (χ0v) is 27.2. The van der Waals surface area contributed by atoms with Crippen LogP contribution in [0.25, 0.3) is 55.0 Å². The average molecular weight is 578 g/mol. The van der Waals surface area contributed by atoms with E-state index in [1.165, 1.54) is 43.0 Å². The lowest BCUT2D eigenvalue weighted by Gasteiger charge is -2.17. The zero-order chi connectivity index (χ0) is 29.4. The van der Waals surface area contributed by atoms with Crippen LogP contribution >= 0.6 is 0 Å². The highest BCUT2D eigenvalue weighted by molar-refractivity contribution is 6.89. The molecule has 7 aromatic rings. The van der Waals surface area contributed by atoms with Crippen molar-refractivity contribution in [2.75, 3.05) is 0 Å². The van der Waals surface area contributed by atoms with E-state index in [1.807, 2.05) is 12.1 Å². The van der Waals surface area contributed by atoms with Crippen LogP contribution in [-0.2, 0) is 0 Å². The van der Waals surface area contributed by atoms with Crippen LogP contribution in [0, 0.1) is 11.3 Å². The van der Waals surface area contributed by atoms with Crippen LogP contribution in [0.5, 0.6) is 0 Å². The Hall–Kier alpha value is -4.38. The van der Waals surface area contributed by atoms with E-state index in [4.69, 9.17) is 0 Å². The molecule has 0 unspecified atom stereocenters. The van der Waals surface area contributed by atoms with Gasteiger partial charge in [0.25, 0.3) is 0 Å². The van der Waals surface area contributed by atoms with Gasteiger partial charge in [-0.3, -0.25) is 0 Å². The summed E-state index contributed by atoms with van der Waals surface area (Å²) in [6, 6.07) is 40.0. The SMILES string of the molecule is C[Si](C)(C)c1ccc2c(c1)c1ccccc1n2-c1cc(C#N)cc(-n2c3ccccc3c3cc([Si](C)(C)C)ccc32)c1. The molecular weight excluding hydrogens is 543 g/mol. The van der Waals surface area contributed by atoms with Crippen molar-refractivity contribution in [1.82, 2.24) is 9.13 Å². The van der Waals surface area contributed by atoms with Gasteiger partial charge in [0.1, 0.15) is 0 Å². The Morgan fingerprint density at radius 2 is 0.881 bits per heavy atom. The normalized spacial score (nSPS) is 12.5. The van der Waals surface area contributed by atoms with Crippen molar-refractivity contribution in [3.05, 3.63) is 109 Å². The van der Waals surface area contributed by atoms with Crippen molar-refractivity contribution in [3.63, 3.8) is 0 Å². The van der Waals surface area contributed by atoms with Crippen LogP contribution in [0.2, 0.25) is 39.3 Å². The fourth-order valence-corrected chi connectivity index (χ4v) is 8.67. The quantitative estimate of drug-likeness (QED) is 0.192. The Morgan fingerprint density at radius 3 is 1.29 bits per heavy atom. The van der Waals surface area contributed by atoms with Gasteiger partial charge in [-0.2, -0.15) is 5.26 Å². The maximum Gasteiger partial charge on any atom is 0.0993 e. The topological polar surface area (TPSA) is 33.6 Å². The maximum atomic E-state index is 10.2. The lowest BCUT2D eigenvalue weighted by Crippen LogP contribution is -2.37. The molecule has 0 aliphatic carbocycles. The fourth-order valence-electron chi connectivity index (χ4n) is 6.35. The summed E-state index contributed by atoms with van der Waals surface area (Å²) in [5.74, 6) is 0. The van der Waals surface area contributed by atoms with Crippen molar-refractivity contribution in [3.8, 4) is 17.4 Å². The van der Waals surface area contributed by atoms with Crippen molar-refractivity contribution in [1.29, 1.82) is 5.26 Å². The minimum Gasteiger partial charge on any atom is -0.309 e. The van der Waals surface area contributed by atoms with Gasteiger partial charge in [0.2, 0.25) is 0 Å². The molecule has 0 N–H and O–H groups in total. The minimum absolute atomic E-state index is 0.650. The highest BCUT2D eigenvalue weighted by atomic mass is 28.3. The summed E-state index contributed by atoms with van der Waals surface area (Å²) in [7, 11) is -2.98. The van der Waals surface area contributed by atoms with Gasteiger partial charge in [0, 0.05) is 32.9 Å². The molecule has 0 saturated heterocycles. The molecule has 0 bridgehead atoms. The molecule has 3 nitrogen and oxygen atoms in total. The molecule has 0 radical (unpaired) electrons. The molecule has 0 aliphatic rings. The molecule has 0 saturated carbocycles. The highest BCUT2D eigenvalue weighted by Crippen LogP contribution is 2.36. The van der Waals surface area contributed by atoms with E-state index in [-0.39, 0.29) is 0 Å². The molecule has 42 heavy (non-hydrogen) atoms. The second-order valence-electron chi connectivity index (χ2n) is 13.5. The van der Waals surface area contributed by atoms with E-state index < -0.39 is 16.1 Å². The number of fused-ring (bicyclic) bond motifs is 6. The van der Waals surface area contributed by atoms with E-state index in [2.05, 4.69) is 145 Å². The number of rotatable bonds is 4. The molecule has 2 aromatic heterocycles. The van der Waals surface area contributed by atoms with Gasteiger partial charge in [0.15, 0.2) is 0 Å². The van der Waals surface area contributed by atoms with Crippen LogP contribution in [0.1, 0.15) is 5.56 Å². The number of benzene rings is 5. The first-order valence-corrected chi connectivity index (χ1v) is 21.7. The molecule has 0 aliphatic heterocycles. The summed E-state index contributed by atoms with van der Waals surface area (Å²) in [5.41, 5.74) is 7.30. The molecule has 5 aromatic carbocycles. The fraction of sp³-hybridized carbons (Fsp3) is 0.162. The standard InChI is InChI=1S/C37H35N3Si2/c1-41(2,3)28-15-17-36-32(22-28)30-11-7-9-13-34(30)39(36)26-19-25(24-38)20-27(21-26)40-35-14-10-8-12-31(35)33-23-29(42(4,5)6)16-18-37(33)40/h7-23H,1-6H3. The molecular formula is C37H35N3Si2.